The highest BCUT2D eigenvalue weighted by Crippen LogP contribution is 2.16. The predicted molar refractivity (Wildman–Crippen MR) is 46.1 cm³/mol. The van der Waals surface area contributed by atoms with Crippen LogP contribution in [0.4, 0.5) is 0 Å². The van der Waals surface area contributed by atoms with Gasteiger partial charge in [0.1, 0.15) is 5.75 Å². The number of primary amides is 1. The maximum atomic E-state index is 10.8. The minimum Gasteiger partial charge on any atom is -0.484 e. The first-order chi connectivity index (χ1) is 6.25. The van der Waals surface area contributed by atoms with Gasteiger partial charge >= 0.3 is 0 Å². The summed E-state index contributed by atoms with van der Waals surface area (Å²) in [5.41, 5.74) is 5.33. The third-order valence-electron chi connectivity index (χ3n) is 1.44. The van der Waals surface area contributed by atoms with Gasteiger partial charge in [-0.15, -0.1) is 0 Å². The van der Waals surface area contributed by atoms with Gasteiger partial charge in [-0.25, -0.2) is 0 Å². The molecule has 0 saturated carbocycles. The van der Waals surface area contributed by atoms with Crippen LogP contribution in [0.15, 0.2) is 24.3 Å². The molecule has 1 radical (unpaired) electrons. The van der Waals surface area contributed by atoms with Gasteiger partial charge in [-0.05, 0) is 12.1 Å². The second-order valence-corrected chi connectivity index (χ2v) is 2.29. The maximum Gasteiger partial charge on any atom is 0.252 e. The molecule has 67 valence electrons. The lowest BCUT2D eigenvalue weighted by Crippen LogP contribution is -2.13. The summed E-state index contributed by atoms with van der Waals surface area (Å²) in [7, 11) is 0. The van der Waals surface area contributed by atoms with Gasteiger partial charge in [-0.3, -0.25) is 9.59 Å². The van der Waals surface area contributed by atoms with Crippen LogP contribution in [-0.4, -0.2) is 18.8 Å². The summed E-state index contributed by atoms with van der Waals surface area (Å²) in [4.78, 5) is 20.7. The van der Waals surface area contributed by atoms with Gasteiger partial charge in [0.2, 0.25) is 6.29 Å². The second-order valence-electron chi connectivity index (χ2n) is 2.29. The first-order valence-corrected chi connectivity index (χ1v) is 3.62. The molecule has 0 aliphatic rings. The van der Waals surface area contributed by atoms with Crippen molar-refractivity contribution >= 4 is 12.2 Å². The molecule has 0 fully saturated rings. The molecule has 0 spiro atoms. The topological polar surface area (TPSA) is 69.4 Å². The Morgan fingerprint density at radius 3 is 2.77 bits per heavy atom. The van der Waals surface area contributed by atoms with Gasteiger partial charge in [-0.2, -0.15) is 0 Å². The van der Waals surface area contributed by atoms with Gasteiger partial charge < -0.3 is 10.5 Å². The Bertz CT molecular complexity index is 322. The number of ether oxygens (including phenoxy) is 1. The van der Waals surface area contributed by atoms with Crippen LogP contribution in [0.2, 0.25) is 0 Å². The third kappa shape index (κ3) is 2.30. The van der Waals surface area contributed by atoms with Gasteiger partial charge in [-0.1, -0.05) is 12.1 Å². The SMILES string of the molecule is NC(=O)c1ccccc1OC[C]=O. The Morgan fingerprint density at radius 2 is 2.15 bits per heavy atom. The van der Waals surface area contributed by atoms with E-state index in [1.807, 2.05) is 0 Å². The zero-order chi connectivity index (χ0) is 9.68. The standard InChI is InChI=1S/C9H8NO3/c10-9(12)7-3-1-2-4-8(7)13-6-5-11/h1-4H,6H2,(H2,10,12). The maximum absolute atomic E-state index is 10.8. The smallest absolute Gasteiger partial charge is 0.252 e. The Kier molecular flexibility index (Phi) is 3.03. The molecular weight excluding hydrogens is 170 g/mol. The largest absolute Gasteiger partial charge is 0.484 e. The molecule has 1 aromatic rings. The highest BCUT2D eigenvalue weighted by Gasteiger charge is 2.07. The first-order valence-electron chi connectivity index (χ1n) is 3.62. The lowest BCUT2D eigenvalue weighted by Gasteiger charge is -2.05. The van der Waals surface area contributed by atoms with Crippen molar-refractivity contribution in [2.45, 2.75) is 0 Å². The molecule has 0 heterocycles. The lowest BCUT2D eigenvalue weighted by molar-refractivity contribution is 0.0997. The van der Waals surface area contributed by atoms with E-state index in [2.05, 4.69) is 0 Å². The summed E-state index contributed by atoms with van der Waals surface area (Å²) in [5.74, 6) is -0.278. The van der Waals surface area contributed by atoms with Crippen molar-refractivity contribution in [1.29, 1.82) is 0 Å². The summed E-state index contributed by atoms with van der Waals surface area (Å²) in [5, 5.41) is 0. The average Bonchev–Trinajstić information content (AvgIpc) is 2.15. The van der Waals surface area contributed by atoms with Crippen molar-refractivity contribution in [3.05, 3.63) is 29.8 Å². The number of rotatable bonds is 4. The zero-order valence-electron chi connectivity index (χ0n) is 6.82. The van der Waals surface area contributed by atoms with E-state index in [1.54, 1.807) is 24.5 Å². The summed E-state index contributed by atoms with van der Waals surface area (Å²) >= 11 is 0. The molecule has 0 aliphatic heterocycles. The van der Waals surface area contributed by atoms with Crippen LogP contribution in [0, 0.1) is 0 Å². The fraction of sp³-hybridized carbons (Fsp3) is 0.111. The normalized spacial score (nSPS) is 9.23. The predicted octanol–water partition coefficient (Wildman–Crippen LogP) is 0.274. The fourth-order valence-electron chi connectivity index (χ4n) is 0.903. The van der Waals surface area contributed by atoms with E-state index < -0.39 is 5.91 Å². The van der Waals surface area contributed by atoms with E-state index in [9.17, 15) is 9.59 Å². The summed E-state index contributed by atoms with van der Waals surface area (Å²) in [6, 6.07) is 6.45. The van der Waals surface area contributed by atoms with Crippen LogP contribution >= 0.6 is 0 Å². The molecule has 4 nitrogen and oxygen atoms in total. The molecule has 4 heteroatoms. The van der Waals surface area contributed by atoms with Crippen LogP contribution in [0.25, 0.3) is 0 Å². The third-order valence-corrected chi connectivity index (χ3v) is 1.44. The van der Waals surface area contributed by atoms with Crippen molar-refractivity contribution in [2.24, 2.45) is 5.73 Å². The number of para-hydroxylation sites is 1. The molecule has 0 unspecified atom stereocenters. The Balaban J connectivity index is 2.90. The summed E-state index contributed by atoms with van der Waals surface area (Å²) < 4.78 is 4.92. The van der Waals surface area contributed by atoms with Crippen molar-refractivity contribution in [1.82, 2.24) is 0 Å². The van der Waals surface area contributed by atoms with E-state index in [1.165, 1.54) is 6.07 Å². The highest BCUT2D eigenvalue weighted by molar-refractivity contribution is 5.95. The highest BCUT2D eigenvalue weighted by atomic mass is 16.5. The van der Waals surface area contributed by atoms with Gasteiger partial charge in [0.25, 0.3) is 5.91 Å². The average molecular weight is 178 g/mol. The van der Waals surface area contributed by atoms with Crippen molar-refractivity contribution < 1.29 is 14.3 Å². The molecule has 2 N–H and O–H groups in total. The lowest BCUT2D eigenvalue weighted by atomic mass is 10.2. The fourth-order valence-corrected chi connectivity index (χ4v) is 0.903. The van der Waals surface area contributed by atoms with Crippen LogP contribution in [0.5, 0.6) is 5.75 Å². The molecule has 0 atom stereocenters. The second kappa shape index (κ2) is 4.25. The van der Waals surface area contributed by atoms with E-state index in [0.29, 0.717) is 5.75 Å². The van der Waals surface area contributed by atoms with Crippen molar-refractivity contribution in [2.75, 3.05) is 6.61 Å². The van der Waals surface area contributed by atoms with Crippen LogP contribution < -0.4 is 10.5 Å². The first kappa shape index (κ1) is 9.25. The van der Waals surface area contributed by atoms with Gasteiger partial charge in [0.05, 0.1) is 5.56 Å². The molecule has 13 heavy (non-hydrogen) atoms. The number of hydrogen-bond acceptors (Lipinski definition) is 3. The summed E-state index contributed by atoms with van der Waals surface area (Å²) in [6.07, 6.45) is 1.56. The van der Waals surface area contributed by atoms with Gasteiger partial charge in [0, 0.05) is 0 Å². The number of carbonyl (C=O) groups excluding carboxylic acids is 2. The van der Waals surface area contributed by atoms with Crippen LogP contribution in [0.3, 0.4) is 0 Å². The van der Waals surface area contributed by atoms with E-state index >= 15 is 0 Å². The molecule has 0 saturated heterocycles. The Morgan fingerprint density at radius 1 is 1.46 bits per heavy atom. The molecule has 0 aliphatic carbocycles. The number of hydrogen-bond donors (Lipinski definition) is 1. The zero-order valence-corrected chi connectivity index (χ0v) is 6.82. The molecule has 1 rings (SSSR count). The monoisotopic (exact) mass is 178 g/mol. The molecular formula is C9H8NO3. The number of carbonyl (C=O) groups is 1. The summed E-state index contributed by atoms with van der Waals surface area (Å²) in [6.45, 7) is -0.204. The van der Waals surface area contributed by atoms with Crippen molar-refractivity contribution in [3.63, 3.8) is 0 Å². The van der Waals surface area contributed by atoms with Crippen LogP contribution in [0.1, 0.15) is 10.4 Å². The van der Waals surface area contributed by atoms with Crippen LogP contribution in [-0.2, 0) is 4.79 Å². The molecule has 0 aromatic heterocycles. The van der Waals surface area contributed by atoms with E-state index in [4.69, 9.17) is 10.5 Å². The van der Waals surface area contributed by atoms with Crippen molar-refractivity contribution in [3.8, 4) is 5.75 Å². The minimum absolute atomic E-state index is 0.204. The number of benzene rings is 1. The Hall–Kier alpha value is -1.84. The van der Waals surface area contributed by atoms with E-state index in [0.717, 1.165) is 0 Å². The quantitative estimate of drug-likeness (QED) is 0.719. The minimum atomic E-state index is -0.582. The van der Waals surface area contributed by atoms with E-state index in [-0.39, 0.29) is 12.2 Å². The number of nitrogens with two attached hydrogens (primary N) is 1. The molecule has 1 amide bonds. The molecule has 0 bridgehead atoms. The van der Waals surface area contributed by atoms with Gasteiger partial charge in [0.15, 0.2) is 6.61 Å². The Labute approximate surface area is 75.3 Å². The molecule has 1 aromatic carbocycles. The number of amides is 1.